The molecule has 0 saturated heterocycles. The third-order valence-electron chi connectivity index (χ3n) is 2.43. The van der Waals surface area contributed by atoms with Gasteiger partial charge in [-0.2, -0.15) is 0 Å². The highest BCUT2D eigenvalue weighted by molar-refractivity contribution is 5.85. The molecule has 0 radical (unpaired) electrons. The molecule has 0 aliphatic carbocycles. The molecule has 1 aromatic carbocycles. The molecule has 2 rings (SSSR count). The Morgan fingerprint density at radius 3 is 2.87 bits per heavy atom. The quantitative estimate of drug-likeness (QED) is 0.767. The number of carboxylic acids is 1. The van der Waals surface area contributed by atoms with Crippen LogP contribution in [0.15, 0.2) is 18.2 Å². The van der Waals surface area contributed by atoms with Gasteiger partial charge in [0.1, 0.15) is 11.9 Å². The first-order valence-corrected chi connectivity index (χ1v) is 4.40. The standard InChI is InChI=1S/C10H10FNO2.ClH/c11-8-2-1-6-5-12-9(10(13)14)4-7(6)3-8;/h1-3,9,12H,4-5H2,(H,13,14);1H/t9-;/m0./s1. The van der Waals surface area contributed by atoms with Crippen molar-refractivity contribution in [2.24, 2.45) is 0 Å². The second-order valence-electron chi connectivity index (χ2n) is 3.39. The molecule has 0 bridgehead atoms. The Morgan fingerprint density at radius 2 is 2.20 bits per heavy atom. The van der Waals surface area contributed by atoms with Crippen LogP contribution in [0.1, 0.15) is 11.1 Å². The van der Waals surface area contributed by atoms with Crippen LogP contribution >= 0.6 is 12.4 Å². The van der Waals surface area contributed by atoms with Crippen molar-refractivity contribution in [3.8, 4) is 0 Å². The van der Waals surface area contributed by atoms with Gasteiger partial charge < -0.3 is 10.4 Å². The van der Waals surface area contributed by atoms with Crippen LogP contribution < -0.4 is 5.32 Å². The van der Waals surface area contributed by atoms with E-state index in [1.54, 1.807) is 6.07 Å². The van der Waals surface area contributed by atoms with E-state index in [0.717, 1.165) is 11.1 Å². The summed E-state index contributed by atoms with van der Waals surface area (Å²) in [7, 11) is 0. The van der Waals surface area contributed by atoms with Crippen LogP contribution in [-0.4, -0.2) is 17.1 Å². The number of carboxylic acid groups (broad SMARTS) is 1. The minimum atomic E-state index is -0.889. The van der Waals surface area contributed by atoms with Gasteiger partial charge >= 0.3 is 5.97 Å². The van der Waals surface area contributed by atoms with Crippen LogP contribution in [0.4, 0.5) is 4.39 Å². The largest absolute Gasteiger partial charge is 0.480 e. The van der Waals surface area contributed by atoms with Gasteiger partial charge in [-0.3, -0.25) is 4.79 Å². The van der Waals surface area contributed by atoms with Gasteiger partial charge in [0.2, 0.25) is 0 Å². The van der Waals surface area contributed by atoms with Crippen LogP contribution in [0.5, 0.6) is 0 Å². The van der Waals surface area contributed by atoms with Crippen LogP contribution in [0.25, 0.3) is 0 Å². The molecule has 1 heterocycles. The molecule has 1 aliphatic heterocycles. The minimum absolute atomic E-state index is 0. The number of nitrogens with one attached hydrogen (secondary N) is 1. The van der Waals surface area contributed by atoms with Gasteiger partial charge in [-0.1, -0.05) is 6.07 Å². The molecule has 1 atom stereocenters. The molecule has 1 aromatic rings. The minimum Gasteiger partial charge on any atom is -0.480 e. The fourth-order valence-corrected chi connectivity index (χ4v) is 1.66. The van der Waals surface area contributed by atoms with Crippen molar-refractivity contribution in [1.82, 2.24) is 5.32 Å². The van der Waals surface area contributed by atoms with Gasteiger partial charge in [-0.15, -0.1) is 12.4 Å². The van der Waals surface area contributed by atoms with E-state index < -0.39 is 12.0 Å². The van der Waals surface area contributed by atoms with Gasteiger partial charge in [-0.25, -0.2) is 4.39 Å². The summed E-state index contributed by atoms with van der Waals surface area (Å²) in [6.45, 7) is 0.493. The van der Waals surface area contributed by atoms with Gasteiger partial charge in [-0.05, 0) is 29.7 Å². The second kappa shape index (κ2) is 4.59. The summed E-state index contributed by atoms with van der Waals surface area (Å²) in [5.41, 5.74) is 1.76. The lowest BCUT2D eigenvalue weighted by atomic mass is 9.96. The normalized spacial score (nSPS) is 18.9. The first-order valence-electron chi connectivity index (χ1n) is 4.40. The Kier molecular flexibility index (Phi) is 3.66. The molecule has 0 fully saturated rings. The third-order valence-corrected chi connectivity index (χ3v) is 2.43. The summed E-state index contributed by atoms with van der Waals surface area (Å²) in [6, 6.07) is 3.90. The monoisotopic (exact) mass is 231 g/mol. The van der Waals surface area contributed by atoms with Gasteiger partial charge in [0, 0.05) is 6.54 Å². The van der Waals surface area contributed by atoms with E-state index in [1.807, 2.05) is 0 Å². The molecule has 15 heavy (non-hydrogen) atoms. The molecule has 0 saturated carbocycles. The molecule has 3 nitrogen and oxygen atoms in total. The predicted octanol–water partition coefficient (Wildman–Crippen LogP) is 1.35. The lowest BCUT2D eigenvalue weighted by Crippen LogP contribution is -2.41. The fraction of sp³-hybridized carbons (Fsp3) is 0.300. The van der Waals surface area contributed by atoms with E-state index in [0.29, 0.717) is 13.0 Å². The second-order valence-corrected chi connectivity index (χ2v) is 3.39. The highest BCUT2D eigenvalue weighted by atomic mass is 35.5. The number of benzene rings is 1. The van der Waals surface area contributed by atoms with Crippen molar-refractivity contribution in [2.45, 2.75) is 19.0 Å². The van der Waals surface area contributed by atoms with E-state index in [-0.39, 0.29) is 18.2 Å². The zero-order valence-electron chi connectivity index (χ0n) is 7.87. The molecular weight excluding hydrogens is 221 g/mol. The summed E-state index contributed by atoms with van der Waals surface area (Å²) >= 11 is 0. The van der Waals surface area contributed by atoms with Crippen molar-refractivity contribution in [3.63, 3.8) is 0 Å². The average Bonchev–Trinajstić information content (AvgIpc) is 2.16. The first-order chi connectivity index (χ1) is 6.66. The highest BCUT2D eigenvalue weighted by Crippen LogP contribution is 2.17. The Hall–Kier alpha value is -1.13. The Balaban J connectivity index is 0.00000112. The maximum atomic E-state index is 12.9. The lowest BCUT2D eigenvalue weighted by Gasteiger charge is -2.22. The van der Waals surface area contributed by atoms with Crippen molar-refractivity contribution in [2.75, 3.05) is 0 Å². The zero-order valence-corrected chi connectivity index (χ0v) is 8.68. The number of rotatable bonds is 1. The molecular formula is C10H11ClFNO2. The van der Waals surface area contributed by atoms with Crippen LogP contribution in [-0.2, 0) is 17.8 Å². The molecule has 5 heteroatoms. The number of hydrogen-bond donors (Lipinski definition) is 2. The number of hydrogen-bond acceptors (Lipinski definition) is 2. The molecule has 2 N–H and O–H groups in total. The number of halogens is 2. The Bertz CT molecular complexity index is 384. The van der Waals surface area contributed by atoms with Crippen LogP contribution in [0, 0.1) is 5.82 Å². The van der Waals surface area contributed by atoms with Gasteiger partial charge in [0.05, 0.1) is 0 Å². The van der Waals surface area contributed by atoms with Crippen molar-refractivity contribution in [1.29, 1.82) is 0 Å². The third kappa shape index (κ3) is 2.46. The maximum absolute atomic E-state index is 12.9. The van der Waals surface area contributed by atoms with Crippen molar-refractivity contribution in [3.05, 3.63) is 35.1 Å². The maximum Gasteiger partial charge on any atom is 0.321 e. The van der Waals surface area contributed by atoms with Crippen LogP contribution in [0.3, 0.4) is 0 Å². The molecule has 1 aliphatic rings. The van der Waals surface area contributed by atoms with E-state index >= 15 is 0 Å². The first kappa shape index (κ1) is 11.9. The topological polar surface area (TPSA) is 49.3 Å². The van der Waals surface area contributed by atoms with E-state index in [9.17, 15) is 9.18 Å². The highest BCUT2D eigenvalue weighted by Gasteiger charge is 2.23. The van der Waals surface area contributed by atoms with E-state index in [4.69, 9.17) is 5.11 Å². The van der Waals surface area contributed by atoms with Gasteiger partial charge in [0.15, 0.2) is 0 Å². The Labute approximate surface area is 92.7 Å². The summed E-state index contributed by atoms with van der Waals surface area (Å²) in [5, 5.41) is 11.6. The van der Waals surface area contributed by atoms with Crippen molar-refractivity contribution >= 4 is 18.4 Å². The number of fused-ring (bicyclic) bond motifs is 1. The summed E-state index contributed by atoms with van der Waals surface area (Å²) in [6.07, 6.45) is 0.350. The zero-order chi connectivity index (χ0) is 10.1. The molecule has 0 amide bonds. The molecule has 0 unspecified atom stereocenters. The number of carbonyl (C=O) groups is 1. The smallest absolute Gasteiger partial charge is 0.321 e. The number of aliphatic carboxylic acids is 1. The SMILES string of the molecule is Cl.O=C(O)[C@@H]1Cc2cc(F)ccc2CN1. The van der Waals surface area contributed by atoms with Crippen LogP contribution in [0.2, 0.25) is 0 Å². The fourth-order valence-electron chi connectivity index (χ4n) is 1.66. The summed E-state index contributed by atoms with van der Waals surface area (Å²) < 4.78 is 12.9. The molecule has 0 aromatic heterocycles. The van der Waals surface area contributed by atoms with E-state index in [1.165, 1.54) is 12.1 Å². The molecule has 0 spiro atoms. The average molecular weight is 232 g/mol. The lowest BCUT2D eigenvalue weighted by molar-refractivity contribution is -0.139. The molecule has 82 valence electrons. The summed E-state index contributed by atoms with van der Waals surface area (Å²) in [4.78, 5) is 10.7. The van der Waals surface area contributed by atoms with Crippen molar-refractivity contribution < 1.29 is 14.3 Å². The summed E-state index contributed by atoms with van der Waals surface area (Å²) in [5.74, 6) is -1.20. The van der Waals surface area contributed by atoms with E-state index in [2.05, 4.69) is 5.32 Å². The predicted molar refractivity (Wildman–Crippen MR) is 55.6 cm³/mol. The Morgan fingerprint density at radius 1 is 1.47 bits per heavy atom. The van der Waals surface area contributed by atoms with Gasteiger partial charge in [0.25, 0.3) is 0 Å².